The highest BCUT2D eigenvalue weighted by Crippen LogP contribution is 2.51. The molecule has 0 saturated carbocycles. The molecule has 0 unspecified atom stereocenters. The van der Waals surface area contributed by atoms with Gasteiger partial charge < -0.3 is 9.64 Å². The average molecular weight is 532 g/mol. The molecule has 0 radical (unpaired) electrons. The number of ether oxygens (including phenoxy) is 1. The first-order valence-electron chi connectivity index (χ1n) is 11.9. The van der Waals surface area contributed by atoms with Gasteiger partial charge in [-0.3, -0.25) is 0 Å². The van der Waals surface area contributed by atoms with Gasteiger partial charge in [-0.15, -0.1) is 0 Å². The molecular weight excluding hydrogens is 507 g/mol. The monoisotopic (exact) mass is 530 g/mol. The Morgan fingerprint density at radius 3 is 2.31 bits per heavy atom. The maximum Gasteiger partial charge on any atom is 0.174 e. The number of benzene rings is 3. The van der Waals surface area contributed by atoms with Crippen molar-refractivity contribution >= 4 is 51.9 Å². The Balaban J connectivity index is 1.47. The van der Waals surface area contributed by atoms with Crippen LogP contribution >= 0.6 is 35.0 Å². The van der Waals surface area contributed by atoms with Gasteiger partial charge in [-0.2, -0.15) is 0 Å². The van der Waals surface area contributed by atoms with Gasteiger partial charge in [-0.05, 0) is 102 Å². The van der Waals surface area contributed by atoms with Crippen LogP contribution in [0.4, 0.5) is 0 Å². The Hall–Kier alpha value is -2.92. The number of allylic oxidation sites excluding steroid dienone is 1. The van der Waals surface area contributed by atoms with E-state index in [0.29, 0.717) is 0 Å². The maximum absolute atomic E-state index is 6.28. The molecule has 180 valence electrons. The molecule has 0 aromatic heterocycles. The Morgan fingerprint density at radius 2 is 1.61 bits per heavy atom. The molecule has 1 aliphatic carbocycles. The van der Waals surface area contributed by atoms with Crippen molar-refractivity contribution in [2.45, 2.75) is 25.3 Å². The minimum atomic E-state index is 0.0574. The number of hydrogen-bond acceptors (Lipinski definition) is 4. The predicted octanol–water partition coefficient (Wildman–Crippen LogP) is 8.98. The first kappa shape index (κ1) is 23.5. The van der Waals surface area contributed by atoms with Gasteiger partial charge in [0.2, 0.25) is 0 Å². The lowest BCUT2D eigenvalue weighted by atomic mass is 9.83. The largest absolute Gasteiger partial charge is 0.497 e. The highest BCUT2D eigenvalue weighted by Gasteiger charge is 2.40. The molecular formula is C30H24Cl2N2OS. The van der Waals surface area contributed by atoms with Crippen LogP contribution in [0.3, 0.4) is 0 Å². The molecule has 3 aliphatic rings. The van der Waals surface area contributed by atoms with Crippen molar-refractivity contribution in [3.05, 3.63) is 122 Å². The summed E-state index contributed by atoms with van der Waals surface area (Å²) in [6.45, 7) is 0. The van der Waals surface area contributed by atoms with Crippen LogP contribution in [0.2, 0.25) is 10.0 Å². The Labute approximate surface area is 225 Å². The lowest BCUT2D eigenvalue weighted by molar-refractivity contribution is 0.414. The number of fused-ring (bicyclic) bond motifs is 1. The van der Waals surface area contributed by atoms with Gasteiger partial charge in [0.25, 0.3) is 0 Å². The number of hydrogen-bond donors (Lipinski definition) is 0. The topological polar surface area (TPSA) is 24.8 Å². The van der Waals surface area contributed by atoms with E-state index in [-0.39, 0.29) is 6.04 Å². The zero-order valence-corrected chi connectivity index (χ0v) is 22.1. The van der Waals surface area contributed by atoms with Gasteiger partial charge >= 0.3 is 0 Å². The summed E-state index contributed by atoms with van der Waals surface area (Å²) in [5.41, 5.74) is 8.42. The summed E-state index contributed by atoms with van der Waals surface area (Å²) in [5, 5.41) is 4.70. The molecule has 0 N–H and O–H groups in total. The minimum absolute atomic E-state index is 0.0574. The van der Waals surface area contributed by atoms with Crippen molar-refractivity contribution in [2.24, 2.45) is 4.99 Å². The number of nitrogens with zero attached hydrogens (tertiary/aromatic N) is 2. The van der Waals surface area contributed by atoms with Gasteiger partial charge in [0.05, 0.1) is 24.5 Å². The van der Waals surface area contributed by atoms with E-state index in [2.05, 4.69) is 52.8 Å². The highest BCUT2D eigenvalue weighted by molar-refractivity contribution is 8.16. The fraction of sp³-hybridized carbons (Fsp3) is 0.167. The molecule has 0 bridgehead atoms. The standard InChI is InChI=1S/C30H24Cl2N2OS/c1-35-25-15-9-20(10-16-25)27-18-36-30-33-28-22(17-19-5-11-23(31)12-6-19)3-2-4-26(28)29(34(27)30)21-7-13-24(32)14-8-21/h5-18,29H,2-4H2,1H3/b22-17+/t29-/m1/s1. The zero-order chi connectivity index (χ0) is 24.6. The molecule has 6 rings (SSSR count). The molecule has 2 heterocycles. The van der Waals surface area contributed by atoms with E-state index < -0.39 is 0 Å². The molecule has 0 fully saturated rings. The SMILES string of the molecule is COc1ccc(C2=CSC3=NC4=C(CCC/C4=C\c4ccc(Cl)cc4)[C@@H](c4ccc(Cl)cc4)N23)cc1. The molecule has 3 nitrogen and oxygen atoms in total. The van der Waals surface area contributed by atoms with Crippen LogP contribution in [0.15, 0.2) is 100 Å². The summed E-state index contributed by atoms with van der Waals surface area (Å²) in [5.74, 6) is 0.848. The quantitative estimate of drug-likeness (QED) is 0.336. The molecule has 2 aliphatic heterocycles. The van der Waals surface area contributed by atoms with E-state index in [1.165, 1.54) is 16.7 Å². The first-order chi connectivity index (χ1) is 17.6. The van der Waals surface area contributed by atoms with Crippen LogP contribution in [-0.2, 0) is 0 Å². The normalized spacial score (nSPS) is 20.1. The third kappa shape index (κ3) is 4.39. The number of halogens is 2. The van der Waals surface area contributed by atoms with Crippen molar-refractivity contribution in [1.29, 1.82) is 0 Å². The molecule has 3 aromatic rings. The third-order valence-electron chi connectivity index (χ3n) is 6.82. The smallest absolute Gasteiger partial charge is 0.174 e. The number of methoxy groups -OCH3 is 1. The van der Waals surface area contributed by atoms with Crippen LogP contribution < -0.4 is 4.74 Å². The Morgan fingerprint density at radius 1 is 0.917 bits per heavy atom. The van der Waals surface area contributed by atoms with Crippen molar-refractivity contribution in [3.63, 3.8) is 0 Å². The van der Waals surface area contributed by atoms with Crippen LogP contribution in [-0.4, -0.2) is 17.2 Å². The van der Waals surface area contributed by atoms with E-state index >= 15 is 0 Å². The van der Waals surface area contributed by atoms with Crippen LogP contribution in [0, 0.1) is 0 Å². The van der Waals surface area contributed by atoms with Crippen molar-refractivity contribution < 1.29 is 4.74 Å². The van der Waals surface area contributed by atoms with Crippen molar-refractivity contribution in [3.8, 4) is 5.75 Å². The summed E-state index contributed by atoms with van der Waals surface area (Å²) in [7, 11) is 1.69. The molecule has 0 saturated heterocycles. The van der Waals surface area contributed by atoms with E-state index in [1.54, 1.807) is 18.9 Å². The number of thioether (sulfide) groups is 1. The lowest BCUT2D eigenvalue weighted by Gasteiger charge is -2.40. The number of rotatable bonds is 4. The van der Waals surface area contributed by atoms with Gasteiger partial charge in [0.15, 0.2) is 5.17 Å². The predicted molar refractivity (Wildman–Crippen MR) is 152 cm³/mol. The van der Waals surface area contributed by atoms with Crippen molar-refractivity contribution in [1.82, 2.24) is 4.90 Å². The second-order valence-electron chi connectivity index (χ2n) is 9.02. The summed E-state index contributed by atoms with van der Waals surface area (Å²) in [6, 6.07) is 24.6. The lowest BCUT2D eigenvalue weighted by Crippen LogP contribution is -2.34. The van der Waals surface area contributed by atoms with Crippen LogP contribution in [0.25, 0.3) is 11.8 Å². The molecule has 0 amide bonds. The van der Waals surface area contributed by atoms with Gasteiger partial charge in [-0.25, -0.2) is 4.99 Å². The van der Waals surface area contributed by atoms with Crippen LogP contribution in [0.1, 0.15) is 42.0 Å². The molecule has 1 atom stereocenters. The summed E-state index contributed by atoms with van der Waals surface area (Å²) in [4.78, 5) is 7.64. The number of amidine groups is 1. The number of aliphatic imine (C=N–C) groups is 1. The van der Waals surface area contributed by atoms with E-state index in [1.807, 2.05) is 36.4 Å². The van der Waals surface area contributed by atoms with Gasteiger partial charge in [-0.1, -0.05) is 59.2 Å². The fourth-order valence-electron chi connectivity index (χ4n) is 5.09. The van der Waals surface area contributed by atoms with Crippen LogP contribution in [0.5, 0.6) is 5.75 Å². The summed E-state index contributed by atoms with van der Waals surface area (Å²) >= 11 is 14.1. The first-order valence-corrected chi connectivity index (χ1v) is 13.6. The van der Waals surface area contributed by atoms with Crippen molar-refractivity contribution in [2.75, 3.05) is 7.11 Å². The van der Waals surface area contributed by atoms with Gasteiger partial charge in [0, 0.05) is 15.5 Å². The van der Waals surface area contributed by atoms with Gasteiger partial charge in [0.1, 0.15) is 5.75 Å². The van der Waals surface area contributed by atoms with E-state index in [0.717, 1.165) is 62.7 Å². The average Bonchev–Trinajstić information content (AvgIpc) is 3.33. The molecule has 6 heteroatoms. The fourth-order valence-corrected chi connectivity index (χ4v) is 6.27. The molecule has 36 heavy (non-hydrogen) atoms. The third-order valence-corrected chi connectivity index (χ3v) is 8.16. The Bertz CT molecular complexity index is 1420. The highest BCUT2D eigenvalue weighted by atomic mass is 35.5. The summed E-state index contributed by atoms with van der Waals surface area (Å²) in [6.07, 6.45) is 5.38. The van der Waals surface area contributed by atoms with E-state index in [9.17, 15) is 0 Å². The summed E-state index contributed by atoms with van der Waals surface area (Å²) < 4.78 is 5.38. The second-order valence-corrected chi connectivity index (χ2v) is 10.7. The zero-order valence-electron chi connectivity index (χ0n) is 19.7. The minimum Gasteiger partial charge on any atom is -0.497 e. The Kier molecular flexibility index (Phi) is 6.43. The second kappa shape index (κ2) is 9.85. The van der Waals surface area contributed by atoms with E-state index in [4.69, 9.17) is 32.9 Å². The molecule has 3 aromatic carbocycles. The maximum atomic E-state index is 6.28. The molecule has 0 spiro atoms.